The number of ether oxygens (including phenoxy) is 8. The maximum Gasteiger partial charge on any atom is 0.509 e. The second-order valence-electron chi connectivity index (χ2n) is 20.2. The highest BCUT2D eigenvalue weighted by atomic mass is 35.6. The fourth-order valence-electron chi connectivity index (χ4n) is 10.4. The van der Waals surface area contributed by atoms with Crippen LogP contribution >= 0.6 is 80.9 Å². The van der Waals surface area contributed by atoms with Crippen molar-refractivity contribution < 1.29 is 81.7 Å². The quantitative estimate of drug-likeness (QED) is 0.0560. The number of aliphatic hydroxyl groups is 2. The number of carbonyl (C=O) groups is 7. The van der Waals surface area contributed by atoms with E-state index in [1.807, 2.05) is 5.38 Å². The van der Waals surface area contributed by atoms with Crippen LogP contribution in [0.2, 0.25) is 0 Å². The van der Waals surface area contributed by atoms with Crippen LogP contribution in [0.25, 0.3) is 6.08 Å². The standard InChI is InChI=1S/C49H55Cl6NO17S/c1-24-28(69-40(62)33(59)36(43(3,4)5)56-31(58)17-16-27-15-12-18-74-27)20-47(65)38(72-39(61)26-13-10-9-11-14-26)35-45(8,37(60)34(32(24)44(47,6)7)71-42(64)68-23-49(53,54)55)29(70-41(63)67-22-48(50,51)52)19-30-46(35,21-66-30)73-25(2)57/h9-18,28-30,33-36,38,59,65H,19-23H2,1-8H3,(H,56,58)/b17-16+/t28-,29-,30+,33+,34+,35-,36+,38-,45+,46-,47+/m0/s1. The Morgan fingerprint density at radius 1 is 0.892 bits per heavy atom. The fraction of sp³-hybridized carbons (Fsp3) is 0.571. The predicted molar refractivity (Wildman–Crippen MR) is 271 cm³/mol. The number of benzene rings is 1. The lowest BCUT2D eigenvalue weighted by Crippen LogP contribution is -2.82. The van der Waals surface area contributed by atoms with Gasteiger partial charge in [-0.25, -0.2) is 19.2 Å². The molecule has 0 radical (unpaired) electrons. The van der Waals surface area contributed by atoms with E-state index in [0.717, 1.165) is 11.8 Å². The Bertz CT molecular complexity index is 2540. The van der Waals surface area contributed by atoms with Crippen LogP contribution in [-0.2, 0) is 57.1 Å². The average molecular weight is 1170 g/mol. The number of Topliss-reactive ketones (excluding diaryl/α,β-unsaturated/α-hetero) is 1. The molecule has 1 aromatic heterocycles. The molecule has 11 atom stereocenters. The number of ketones is 1. The van der Waals surface area contributed by atoms with Gasteiger partial charge in [-0.05, 0) is 60.1 Å². The van der Waals surface area contributed by atoms with Crippen molar-refractivity contribution in [2.45, 2.75) is 130 Å². The number of rotatable bonds is 13. The first kappa shape index (κ1) is 59.4. The van der Waals surface area contributed by atoms with Gasteiger partial charge in [0.25, 0.3) is 0 Å². The lowest BCUT2D eigenvalue weighted by atomic mass is 9.44. The molecular weight excluding hydrogens is 1120 g/mol. The van der Waals surface area contributed by atoms with Crippen LogP contribution in [-0.4, -0.2) is 133 Å². The lowest BCUT2D eigenvalue weighted by molar-refractivity contribution is -0.346. The van der Waals surface area contributed by atoms with Gasteiger partial charge < -0.3 is 53.4 Å². The third-order valence-electron chi connectivity index (χ3n) is 14.0. The van der Waals surface area contributed by atoms with E-state index in [2.05, 4.69) is 5.32 Å². The van der Waals surface area contributed by atoms with Crippen LogP contribution in [0.5, 0.6) is 0 Å². The van der Waals surface area contributed by atoms with Crippen molar-refractivity contribution in [3.8, 4) is 0 Å². The zero-order chi connectivity index (χ0) is 55.1. The van der Waals surface area contributed by atoms with Gasteiger partial charge in [-0.3, -0.25) is 14.4 Å². The molecule has 3 N–H and O–H groups in total. The molecule has 1 amide bonds. The van der Waals surface area contributed by atoms with Crippen molar-refractivity contribution in [2.75, 3.05) is 19.8 Å². The molecule has 25 heteroatoms. The highest BCUT2D eigenvalue weighted by Gasteiger charge is 2.79. The van der Waals surface area contributed by atoms with Crippen molar-refractivity contribution in [1.82, 2.24) is 5.32 Å². The summed E-state index contributed by atoms with van der Waals surface area (Å²) in [5.41, 5.74) is -10.3. The summed E-state index contributed by atoms with van der Waals surface area (Å²) in [5.74, 6) is -6.91. The van der Waals surface area contributed by atoms with Crippen LogP contribution in [0, 0.1) is 22.2 Å². The Labute approximate surface area is 460 Å². The SMILES string of the molecule is CC(=O)O[C@@]12CO[C@@H]1C[C@H](OC(=O)OCC(Cl)(Cl)Cl)[C@@]1(C)C(=O)[C@H](OC(=O)OCC(Cl)(Cl)Cl)C3=C(C)[C@@H](OC(=O)[C@H](O)[C@@H](NC(=O)/C=C/c4cccs4)C(C)(C)C)C[C@@](O)([C@@H](OC(=O)c4ccccc4)[C@H]21)C3(C)C. The molecule has 2 aromatic rings. The van der Waals surface area contributed by atoms with E-state index >= 15 is 4.79 Å². The van der Waals surface area contributed by atoms with Crippen molar-refractivity contribution in [3.63, 3.8) is 0 Å². The topological polar surface area (TPSA) is 246 Å². The van der Waals surface area contributed by atoms with Crippen molar-refractivity contribution >= 4 is 129 Å². The van der Waals surface area contributed by atoms with E-state index in [1.54, 1.807) is 45.0 Å². The van der Waals surface area contributed by atoms with Gasteiger partial charge >= 0.3 is 30.2 Å². The van der Waals surface area contributed by atoms with E-state index in [1.165, 1.54) is 69.4 Å². The van der Waals surface area contributed by atoms with Gasteiger partial charge in [-0.1, -0.05) is 128 Å². The van der Waals surface area contributed by atoms with Gasteiger partial charge in [0.2, 0.25) is 13.5 Å². The highest BCUT2D eigenvalue weighted by molar-refractivity contribution is 7.10. The molecule has 1 saturated heterocycles. The third-order valence-corrected chi connectivity index (χ3v) is 15.5. The molecule has 0 unspecified atom stereocenters. The molecule has 406 valence electrons. The van der Waals surface area contributed by atoms with E-state index in [9.17, 15) is 39.0 Å². The zero-order valence-electron chi connectivity index (χ0n) is 41.1. The molecule has 2 bridgehead atoms. The number of hydrogen-bond acceptors (Lipinski definition) is 18. The minimum atomic E-state index is -2.63. The van der Waals surface area contributed by atoms with Gasteiger partial charge in [0.1, 0.15) is 43.2 Å². The summed E-state index contributed by atoms with van der Waals surface area (Å²) < 4.78 is 42.5. The number of amides is 1. The summed E-state index contributed by atoms with van der Waals surface area (Å²) in [5, 5.41) is 30.3. The van der Waals surface area contributed by atoms with E-state index in [0.29, 0.717) is 0 Å². The van der Waals surface area contributed by atoms with Gasteiger partial charge in [0, 0.05) is 36.1 Å². The Morgan fingerprint density at radius 3 is 2.03 bits per heavy atom. The number of halogens is 6. The Balaban J connectivity index is 1.58. The van der Waals surface area contributed by atoms with E-state index < -0.39 is 158 Å². The van der Waals surface area contributed by atoms with Crippen LogP contribution in [0.1, 0.15) is 83.5 Å². The second-order valence-corrected chi connectivity index (χ2v) is 26.2. The minimum absolute atomic E-state index is 0.0203. The smallest absolute Gasteiger partial charge is 0.456 e. The molecule has 6 rings (SSSR count). The number of hydrogen-bond donors (Lipinski definition) is 3. The fourth-order valence-corrected chi connectivity index (χ4v) is 11.4. The van der Waals surface area contributed by atoms with E-state index in [-0.39, 0.29) is 16.7 Å². The molecule has 1 aliphatic heterocycles. The number of nitrogens with one attached hydrogen (secondary N) is 1. The molecule has 3 aliphatic carbocycles. The summed E-state index contributed by atoms with van der Waals surface area (Å²) in [4.78, 5) is 100. The normalized spacial score (nSPS) is 29.4. The van der Waals surface area contributed by atoms with E-state index in [4.69, 9.17) is 108 Å². The molecule has 2 heterocycles. The molecular formula is C49H55Cl6NO17S. The largest absolute Gasteiger partial charge is 0.509 e. The summed E-state index contributed by atoms with van der Waals surface area (Å²) in [6, 6.07) is 9.79. The maximum atomic E-state index is 16.3. The first-order valence-electron chi connectivity index (χ1n) is 22.9. The monoisotopic (exact) mass is 1170 g/mol. The molecule has 18 nitrogen and oxygen atoms in total. The molecule has 3 fully saturated rings. The molecule has 0 spiro atoms. The number of esters is 3. The maximum absolute atomic E-state index is 16.3. The van der Waals surface area contributed by atoms with Crippen LogP contribution in [0.15, 0.2) is 65.1 Å². The Hall–Kier alpha value is -3.89. The minimum Gasteiger partial charge on any atom is -0.456 e. The Kier molecular flexibility index (Phi) is 17.8. The van der Waals surface area contributed by atoms with Crippen LogP contribution < -0.4 is 5.32 Å². The van der Waals surface area contributed by atoms with Gasteiger partial charge in [-0.15, -0.1) is 11.3 Å². The van der Waals surface area contributed by atoms with Crippen LogP contribution in [0.3, 0.4) is 0 Å². The highest BCUT2D eigenvalue weighted by Crippen LogP contribution is 2.65. The molecule has 2 saturated carbocycles. The van der Waals surface area contributed by atoms with Crippen molar-refractivity contribution in [2.24, 2.45) is 22.2 Å². The number of alkyl halides is 6. The lowest BCUT2D eigenvalue weighted by Gasteiger charge is -2.67. The summed E-state index contributed by atoms with van der Waals surface area (Å²) in [7, 11) is 0. The van der Waals surface area contributed by atoms with Gasteiger partial charge in [0.05, 0.1) is 29.5 Å². The number of thiophene rings is 1. The number of aliphatic hydroxyl groups excluding tert-OH is 1. The summed E-state index contributed by atoms with van der Waals surface area (Å²) in [6.45, 7) is 9.36. The number of fused-ring (bicyclic) bond motifs is 5. The molecule has 4 aliphatic rings. The second kappa shape index (κ2) is 22.2. The van der Waals surface area contributed by atoms with Gasteiger partial charge in [0.15, 0.2) is 23.6 Å². The Morgan fingerprint density at radius 2 is 1.50 bits per heavy atom. The predicted octanol–water partition coefficient (Wildman–Crippen LogP) is 8.36. The molecule has 74 heavy (non-hydrogen) atoms. The average Bonchev–Trinajstić information content (AvgIpc) is 3.82. The van der Waals surface area contributed by atoms with Crippen LogP contribution in [0.4, 0.5) is 9.59 Å². The summed E-state index contributed by atoms with van der Waals surface area (Å²) >= 11 is 36.8. The number of carbonyl (C=O) groups excluding carboxylic acids is 7. The first-order valence-corrected chi connectivity index (χ1v) is 26.1. The first-order chi connectivity index (χ1) is 34.2. The molecule has 1 aromatic carbocycles. The third kappa shape index (κ3) is 12.4. The van der Waals surface area contributed by atoms with Crippen molar-refractivity contribution in [1.29, 1.82) is 0 Å². The van der Waals surface area contributed by atoms with Gasteiger partial charge in [-0.2, -0.15) is 0 Å². The zero-order valence-corrected chi connectivity index (χ0v) is 46.5. The summed E-state index contributed by atoms with van der Waals surface area (Å²) in [6.07, 6.45) is -12.5. The van der Waals surface area contributed by atoms with Crippen molar-refractivity contribution in [3.05, 3.63) is 75.5 Å².